The van der Waals surface area contributed by atoms with Gasteiger partial charge < -0.3 is 10.0 Å². The smallest absolute Gasteiger partial charge is 0.423 e. The molecule has 1 heterocycles. The Hall–Kier alpha value is -1.73. The molecule has 0 bridgehead atoms. The molecule has 2 rings (SSSR count). The van der Waals surface area contributed by atoms with Gasteiger partial charge in [0.2, 0.25) is 0 Å². The summed E-state index contributed by atoms with van der Waals surface area (Å²) in [6.07, 6.45) is 0. The van der Waals surface area contributed by atoms with E-state index in [1.165, 1.54) is 4.68 Å². The van der Waals surface area contributed by atoms with Gasteiger partial charge in [-0.2, -0.15) is 0 Å². The molecular formula is C8H9BN4O2. The van der Waals surface area contributed by atoms with Crippen LogP contribution in [0.1, 0.15) is 0 Å². The number of hydrogen-bond donors (Lipinski definition) is 2. The molecule has 1 aromatic heterocycles. The summed E-state index contributed by atoms with van der Waals surface area (Å²) in [5, 5.41) is 29.1. The third-order valence-electron chi connectivity index (χ3n) is 2.06. The molecule has 0 radical (unpaired) electrons. The van der Waals surface area contributed by atoms with Crippen LogP contribution in [0.25, 0.3) is 11.4 Å². The van der Waals surface area contributed by atoms with Gasteiger partial charge in [-0.25, -0.2) is 4.68 Å². The fraction of sp³-hybridized carbons (Fsp3) is 0.125. The number of nitrogens with zero attached hydrogens (tertiary/aromatic N) is 4. The van der Waals surface area contributed by atoms with Gasteiger partial charge in [0, 0.05) is 12.6 Å². The van der Waals surface area contributed by atoms with Crippen LogP contribution in [0.15, 0.2) is 24.3 Å². The van der Waals surface area contributed by atoms with Gasteiger partial charge in [0.25, 0.3) is 0 Å². The molecule has 6 nitrogen and oxygen atoms in total. The first-order valence-electron chi connectivity index (χ1n) is 4.37. The van der Waals surface area contributed by atoms with Crippen molar-refractivity contribution in [2.75, 3.05) is 0 Å². The Labute approximate surface area is 86.3 Å². The number of aromatic nitrogens is 4. The highest BCUT2D eigenvalue weighted by Gasteiger charge is 2.13. The summed E-state index contributed by atoms with van der Waals surface area (Å²) < 4.78 is 1.52. The van der Waals surface area contributed by atoms with Crippen molar-refractivity contribution < 1.29 is 10.0 Å². The summed E-state index contributed by atoms with van der Waals surface area (Å²) >= 11 is 0. The zero-order valence-electron chi connectivity index (χ0n) is 8.07. The maximum Gasteiger partial charge on any atom is 0.488 e. The Morgan fingerprint density at radius 3 is 2.73 bits per heavy atom. The van der Waals surface area contributed by atoms with Crippen molar-refractivity contribution in [2.24, 2.45) is 7.05 Å². The van der Waals surface area contributed by atoms with E-state index < -0.39 is 7.12 Å². The Morgan fingerprint density at radius 2 is 2.13 bits per heavy atom. The zero-order valence-corrected chi connectivity index (χ0v) is 8.07. The molecule has 2 N–H and O–H groups in total. The molecule has 15 heavy (non-hydrogen) atoms. The molecule has 76 valence electrons. The highest BCUT2D eigenvalue weighted by atomic mass is 16.4. The lowest BCUT2D eigenvalue weighted by Crippen LogP contribution is -2.29. The number of hydrogen-bond acceptors (Lipinski definition) is 5. The molecule has 0 aliphatic heterocycles. The summed E-state index contributed by atoms with van der Waals surface area (Å²) in [5.74, 6) is 0.581. The van der Waals surface area contributed by atoms with Gasteiger partial charge in [0.05, 0.1) is 0 Å². The quantitative estimate of drug-likeness (QED) is 0.585. The van der Waals surface area contributed by atoms with Gasteiger partial charge in [-0.15, -0.1) is 5.10 Å². The van der Waals surface area contributed by atoms with Crippen molar-refractivity contribution in [3.8, 4) is 11.4 Å². The second-order valence-electron chi connectivity index (χ2n) is 3.13. The van der Waals surface area contributed by atoms with Crippen LogP contribution in [-0.2, 0) is 7.05 Å². The third kappa shape index (κ3) is 1.88. The number of tetrazole rings is 1. The molecule has 0 spiro atoms. The fourth-order valence-corrected chi connectivity index (χ4v) is 1.31. The summed E-state index contributed by atoms with van der Waals surface area (Å²) in [6.45, 7) is 0. The van der Waals surface area contributed by atoms with Crippen LogP contribution in [0, 0.1) is 0 Å². The van der Waals surface area contributed by atoms with Crippen LogP contribution in [0.4, 0.5) is 0 Å². The van der Waals surface area contributed by atoms with Crippen LogP contribution >= 0.6 is 0 Å². The van der Waals surface area contributed by atoms with E-state index in [4.69, 9.17) is 10.0 Å². The molecule has 0 aliphatic rings. The molecule has 0 amide bonds. The van der Waals surface area contributed by atoms with E-state index in [0.29, 0.717) is 11.3 Å². The van der Waals surface area contributed by atoms with Crippen molar-refractivity contribution >= 4 is 12.6 Å². The molecule has 0 saturated carbocycles. The fourth-order valence-electron chi connectivity index (χ4n) is 1.31. The summed E-state index contributed by atoms with van der Waals surface area (Å²) in [6, 6.07) is 6.78. The van der Waals surface area contributed by atoms with Crippen molar-refractivity contribution in [3.05, 3.63) is 24.3 Å². The lowest BCUT2D eigenvalue weighted by atomic mass is 9.79. The molecular weight excluding hydrogens is 195 g/mol. The van der Waals surface area contributed by atoms with Gasteiger partial charge in [0.15, 0.2) is 5.82 Å². The van der Waals surface area contributed by atoms with E-state index in [-0.39, 0.29) is 0 Å². The molecule has 0 saturated heterocycles. The minimum absolute atomic E-state index is 0.413. The van der Waals surface area contributed by atoms with Crippen LogP contribution in [0.3, 0.4) is 0 Å². The summed E-state index contributed by atoms with van der Waals surface area (Å²) in [5.41, 5.74) is 1.16. The largest absolute Gasteiger partial charge is 0.488 e. The van der Waals surface area contributed by atoms with Crippen LogP contribution in [0.2, 0.25) is 0 Å². The predicted octanol–water partition coefficient (Wildman–Crippen LogP) is -1.44. The SMILES string of the molecule is Cn1nnnc1-c1cccc(B(O)O)c1. The van der Waals surface area contributed by atoms with Crippen LogP contribution in [-0.4, -0.2) is 37.4 Å². The minimum Gasteiger partial charge on any atom is -0.423 e. The van der Waals surface area contributed by atoms with Gasteiger partial charge in [-0.05, 0) is 15.9 Å². The van der Waals surface area contributed by atoms with Gasteiger partial charge in [-0.1, -0.05) is 24.3 Å². The predicted molar refractivity (Wildman–Crippen MR) is 54.1 cm³/mol. The highest BCUT2D eigenvalue weighted by Crippen LogP contribution is 2.12. The Morgan fingerprint density at radius 1 is 1.33 bits per heavy atom. The first-order chi connectivity index (χ1) is 7.18. The molecule has 0 atom stereocenters. The molecule has 0 aliphatic carbocycles. The molecule has 2 aromatic rings. The van der Waals surface area contributed by atoms with Gasteiger partial charge in [0.1, 0.15) is 0 Å². The molecule has 0 fully saturated rings. The summed E-state index contributed by atoms with van der Waals surface area (Å²) in [7, 11) is 0.239. The van der Waals surface area contributed by atoms with Crippen molar-refractivity contribution in [3.63, 3.8) is 0 Å². The van der Waals surface area contributed by atoms with E-state index in [2.05, 4.69) is 15.5 Å². The standard InChI is InChI=1S/C8H9BN4O2/c1-13-8(10-11-12-13)6-3-2-4-7(5-6)9(14)15/h2-5,14-15H,1H3. The molecule has 1 aromatic carbocycles. The van der Waals surface area contributed by atoms with E-state index in [9.17, 15) is 0 Å². The average molecular weight is 204 g/mol. The van der Waals surface area contributed by atoms with Gasteiger partial charge >= 0.3 is 7.12 Å². The first kappa shape index (κ1) is 9.82. The second-order valence-corrected chi connectivity index (χ2v) is 3.13. The maximum atomic E-state index is 9.01. The summed E-state index contributed by atoms with van der Waals surface area (Å²) in [4.78, 5) is 0. The average Bonchev–Trinajstić information content (AvgIpc) is 2.64. The number of benzene rings is 1. The molecule has 0 unspecified atom stereocenters. The highest BCUT2D eigenvalue weighted by molar-refractivity contribution is 6.58. The Bertz CT molecular complexity index is 471. The number of aryl methyl sites for hydroxylation is 1. The lowest BCUT2D eigenvalue weighted by molar-refractivity contribution is 0.426. The zero-order chi connectivity index (χ0) is 10.8. The number of rotatable bonds is 2. The molecule has 7 heteroatoms. The Balaban J connectivity index is 2.46. The lowest BCUT2D eigenvalue weighted by Gasteiger charge is -2.02. The monoisotopic (exact) mass is 204 g/mol. The maximum absolute atomic E-state index is 9.01. The van der Waals surface area contributed by atoms with Crippen molar-refractivity contribution in [2.45, 2.75) is 0 Å². The van der Waals surface area contributed by atoms with Crippen molar-refractivity contribution in [1.82, 2.24) is 20.2 Å². The third-order valence-corrected chi connectivity index (χ3v) is 2.06. The van der Waals surface area contributed by atoms with E-state index in [0.717, 1.165) is 5.56 Å². The van der Waals surface area contributed by atoms with Crippen LogP contribution in [0.5, 0.6) is 0 Å². The Kier molecular flexibility index (Phi) is 2.48. The van der Waals surface area contributed by atoms with E-state index in [1.54, 1.807) is 31.3 Å². The second kappa shape index (κ2) is 3.80. The normalized spacial score (nSPS) is 10.3. The van der Waals surface area contributed by atoms with E-state index in [1.807, 2.05) is 0 Å². The van der Waals surface area contributed by atoms with Crippen LogP contribution < -0.4 is 5.46 Å². The topological polar surface area (TPSA) is 84.1 Å². The van der Waals surface area contributed by atoms with Gasteiger partial charge in [-0.3, -0.25) is 0 Å². The van der Waals surface area contributed by atoms with E-state index >= 15 is 0 Å². The first-order valence-corrected chi connectivity index (χ1v) is 4.37. The minimum atomic E-state index is -1.48. The van der Waals surface area contributed by atoms with Crippen molar-refractivity contribution in [1.29, 1.82) is 0 Å².